The SMILES string of the molecule is Cc1nc(N2CCN(CCO)CC2)ccc1CO. The van der Waals surface area contributed by atoms with Crippen LogP contribution in [0.15, 0.2) is 12.1 Å². The van der Waals surface area contributed by atoms with Crippen LogP contribution >= 0.6 is 0 Å². The summed E-state index contributed by atoms with van der Waals surface area (Å²) < 4.78 is 0. The highest BCUT2D eigenvalue weighted by molar-refractivity contribution is 5.42. The first-order valence-corrected chi connectivity index (χ1v) is 6.40. The fourth-order valence-electron chi connectivity index (χ4n) is 2.26. The van der Waals surface area contributed by atoms with Crippen molar-refractivity contribution in [3.63, 3.8) is 0 Å². The van der Waals surface area contributed by atoms with E-state index >= 15 is 0 Å². The van der Waals surface area contributed by atoms with Crippen LogP contribution < -0.4 is 4.90 Å². The second kappa shape index (κ2) is 6.13. The number of β-amino-alcohol motifs (C(OH)–C–C–N with tert-alkyl or cyclic N) is 1. The molecule has 1 aliphatic rings. The molecule has 0 aromatic carbocycles. The topological polar surface area (TPSA) is 59.8 Å². The molecular weight excluding hydrogens is 230 g/mol. The molecule has 1 aromatic heterocycles. The Morgan fingerprint density at radius 1 is 1.17 bits per heavy atom. The molecule has 0 bridgehead atoms. The molecule has 0 spiro atoms. The number of piperazine rings is 1. The molecule has 1 aliphatic heterocycles. The third-order valence-electron chi connectivity index (χ3n) is 3.46. The smallest absolute Gasteiger partial charge is 0.128 e. The van der Waals surface area contributed by atoms with E-state index in [0.717, 1.165) is 49.8 Å². The Kier molecular flexibility index (Phi) is 4.52. The molecule has 2 rings (SSSR count). The van der Waals surface area contributed by atoms with Gasteiger partial charge in [0.15, 0.2) is 0 Å². The van der Waals surface area contributed by atoms with E-state index in [0.29, 0.717) is 0 Å². The second-order valence-electron chi connectivity index (χ2n) is 4.62. The van der Waals surface area contributed by atoms with Gasteiger partial charge >= 0.3 is 0 Å². The number of aliphatic hydroxyl groups excluding tert-OH is 2. The summed E-state index contributed by atoms with van der Waals surface area (Å²) in [5.41, 5.74) is 1.78. The Morgan fingerprint density at radius 3 is 2.44 bits per heavy atom. The molecule has 1 fully saturated rings. The first kappa shape index (κ1) is 13.3. The second-order valence-corrected chi connectivity index (χ2v) is 4.62. The summed E-state index contributed by atoms with van der Waals surface area (Å²) in [6.07, 6.45) is 0. The van der Waals surface area contributed by atoms with Crippen LogP contribution in [0.2, 0.25) is 0 Å². The van der Waals surface area contributed by atoms with Gasteiger partial charge in [-0.15, -0.1) is 0 Å². The predicted octanol–water partition coefficient (Wildman–Crippen LogP) is -0.00338. The molecular formula is C13H21N3O2. The lowest BCUT2D eigenvalue weighted by Gasteiger charge is -2.35. The highest BCUT2D eigenvalue weighted by atomic mass is 16.3. The molecule has 18 heavy (non-hydrogen) atoms. The normalized spacial score (nSPS) is 17.2. The Bertz CT molecular complexity index is 390. The van der Waals surface area contributed by atoms with Gasteiger partial charge in [-0.2, -0.15) is 0 Å². The largest absolute Gasteiger partial charge is 0.395 e. The molecule has 5 nitrogen and oxygen atoms in total. The minimum Gasteiger partial charge on any atom is -0.395 e. The number of hydrogen-bond donors (Lipinski definition) is 2. The van der Waals surface area contributed by atoms with E-state index in [1.54, 1.807) is 0 Å². The molecule has 5 heteroatoms. The highest BCUT2D eigenvalue weighted by Crippen LogP contribution is 2.16. The van der Waals surface area contributed by atoms with Gasteiger partial charge in [0.25, 0.3) is 0 Å². The number of hydrogen-bond acceptors (Lipinski definition) is 5. The van der Waals surface area contributed by atoms with Crippen LogP contribution in [0.3, 0.4) is 0 Å². The lowest BCUT2D eigenvalue weighted by Crippen LogP contribution is -2.47. The summed E-state index contributed by atoms with van der Waals surface area (Å²) in [6.45, 7) is 6.74. The zero-order valence-electron chi connectivity index (χ0n) is 10.8. The van der Waals surface area contributed by atoms with Crippen LogP contribution in [-0.2, 0) is 6.61 Å². The maximum atomic E-state index is 9.13. The standard InChI is InChI=1S/C13H21N3O2/c1-11-12(10-18)2-3-13(14-11)16-6-4-15(5-7-16)8-9-17/h2-3,17-18H,4-10H2,1H3. The summed E-state index contributed by atoms with van der Waals surface area (Å²) >= 11 is 0. The first-order chi connectivity index (χ1) is 8.74. The van der Waals surface area contributed by atoms with Crippen molar-refractivity contribution in [2.75, 3.05) is 44.2 Å². The molecule has 0 amide bonds. The van der Waals surface area contributed by atoms with Gasteiger partial charge in [-0.3, -0.25) is 4.90 Å². The zero-order valence-corrected chi connectivity index (χ0v) is 10.8. The summed E-state index contributed by atoms with van der Waals surface area (Å²) in [7, 11) is 0. The van der Waals surface area contributed by atoms with Crippen molar-refractivity contribution in [2.45, 2.75) is 13.5 Å². The summed E-state index contributed by atoms with van der Waals surface area (Å²) in [5.74, 6) is 0.980. The van der Waals surface area contributed by atoms with Crippen molar-refractivity contribution in [1.82, 2.24) is 9.88 Å². The molecule has 2 N–H and O–H groups in total. The lowest BCUT2D eigenvalue weighted by atomic mass is 10.2. The first-order valence-electron chi connectivity index (χ1n) is 6.40. The number of pyridine rings is 1. The summed E-state index contributed by atoms with van der Waals surface area (Å²) in [5, 5.41) is 18.0. The molecule has 0 unspecified atom stereocenters. The number of rotatable bonds is 4. The third-order valence-corrected chi connectivity index (χ3v) is 3.46. The van der Waals surface area contributed by atoms with Crippen LogP contribution in [0.5, 0.6) is 0 Å². The lowest BCUT2D eigenvalue weighted by molar-refractivity contribution is 0.188. The van der Waals surface area contributed by atoms with E-state index in [1.165, 1.54) is 0 Å². The quantitative estimate of drug-likeness (QED) is 0.788. The Morgan fingerprint density at radius 2 is 1.89 bits per heavy atom. The minimum atomic E-state index is 0.0450. The molecule has 1 aromatic rings. The molecule has 2 heterocycles. The number of nitrogens with zero attached hydrogens (tertiary/aromatic N) is 3. The molecule has 100 valence electrons. The molecule has 0 aliphatic carbocycles. The Labute approximate surface area is 108 Å². The van der Waals surface area contributed by atoms with Crippen molar-refractivity contribution in [3.8, 4) is 0 Å². The van der Waals surface area contributed by atoms with E-state index < -0.39 is 0 Å². The minimum absolute atomic E-state index is 0.0450. The predicted molar refractivity (Wildman–Crippen MR) is 70.6 cm³/mol. The zero-order chi connectivity index (χ0) is 13.0. The van der Waals surface area contributed by atoms with Crippen LogP contribution in [0.4, 0.5) is 5.82 Å². The van der Waals surface area contributed by atoms with Gasteiger partial charge in [0.1, 0.15) is 5.82 Å². The maximum absolute atomic E-state index is 9.13. The van der Waals surface area contributed by atoms with E-state index in [-0.39, 0.29) is 13.2 Å². The van der Waals surface area contributed by atoms with Crippen molar-refractivity contribution < 1.29 is 10.2 Å². The van der Waals surface area contributed by atoms with Gasteiger partial charge in [-0.1, -0.05) is 6.07 Å². The summed E-state index contributed by atoms with van der Waals surface area (Å²) in [4.78, 5) is 9.04. The Balaban J connectivity index is 1.99. The number of aromatic nitrogens is 1. The fraction of sp³-hybridized carbons (Fsp3) is 0.615. The van der Waals surface area contributed by atoms with Crippen molar-refractivity contribution in [1.29, 1.82) is 0 Å². The van der Waals surface area contributed by atoms with Gasteiger partial charge in [0.2, 0.25) is 0 Å². The van der Waals surface area contributed by atoms with E-state index in [1.807, 2.05) is 19.1 Å². The van der Waals surface area contributed by atoms with Crippen molar-refractivity contribution >= 4 is 5.82 Å². The third kappa shape index (κ3) is 2.98. The summed E-state index contributed by atoms with van der Waals surface area (Å²) in [6, 6.07) is 3.91. The van der Waals surface area contributed by atoms with Gasteiger partial charge in [0, 0.05) is 38.4 Å². The number of aliphatic hydroxyl groups is 2. The van der Waals surface area contributed by atoms with Crippen molar-refractivity contribution in [3.05, 3.63) is 23.4 Å². The molecule has 0 saturated carbocycles. The average Bonchev–Trinajstić information content (AvgIpc) is 2.40. The monoisotopic (exact) mass is 251 g/mol. The average molecular weight is 251 g/mol. The van der Waals surface area contributed by atoms with Crippen molar-refractivity contribution in [2.24, 2.45) is 0 Å². The fourth-order valence-corrected chi connectivity index (χ4v) is 2.26. The molecule has 0 atom stereocenters. The van der Waals surface area contributed by atoms with Gasteiger partial charge in [0.05, 0.1) is 13.2 Å². The Hall–Kier alpha value is -1.17. The van der Waals surface area contributed by atoms with E-state index in [9.17, 15) is 0 Å². The van der Waals surface area contributed by atoms with Gasteiger partial charge < -0.3 is 15.1 Å². The maximum Gasteiger partial charge on any atom is 0.128 e. The van der Waals surface area contributed by atoms with Crippen LogP contribution in [0.1, 0.15) is 11.3 Å². The molecule has 1 saturated heterocycles. The number of aryl methyl sites for hydroxylation is 1. The van der Waals surface area contributed by atoms with Gasteiger partial charge in [-0.05, 0) is 18.6 Å². The van der Waals surface area contributed by atoms with Crippen LogP contribution in [0.25, 0.3) is 0 Å². The van der Waals surface area contributed by atoms with Gasteiger partial charge in [-0.25, -0.2) is 4.98 Å². The molecule has 0 radical (unpaired) electrons. The van der Waals surface area contributed by atoms with E-state index in [2.05, 4.69) is 14.8 Å². The highest BCUT2D eigenvalue weighted by Gasteiger charge is 2.17. The van der Waals surface area contributed by atoms with E-state index in [4.69, 9.17) is 10.2 Å². The number of anilines is 1. The van der Waals surface area contributed by atoms with Crippen LogP contribution in [0, 0.1) is 6.92 Å². The van der Waals surface area contributed by atoms with Crippen LogP contribution in [-0.4, -0.2) is 59.4 Å².